The molecule has 0 bridgehead atoms. The molecular formula is C17H26N2OS. The number of nitrogens with zero attached hydrogens (tertiary/aromatic N) is 1. The van der Waals surface area contributed by atoms with Crippen LogP contribution in [0.5, 0.6) is 5.75 Å². The van der Waals surface area contributed by atoms with Gasteiger partial charge in [0.1, 0.15) is 17.3 Å². The van der Waals surface area contributed by atoms with Gasteiger partial charge in [0.05, 0.1) is 0 Å². The predicted octanol–water partition coefficient (Wildman–Crippen LogP) is 3.21. The lowest BCUT2D eigenvalue weighted by Crippen LogP contribution is -2.36. The second-order valence-corrected chi connectivity index (χ2v) is 6.25. The zero-order valence-corrected chi connectivity index (χ0v) is 13.7. The molecular weight excluding hydrogens is 280 g/mol. The minimum atomic E-state index is 0.415. The number of likely N-dealkylation sites (tertiary alicyclic amines) is 1. The first-order chi connectivity index (χ1) is 10.2. The van der Waals surface area contributed by atoms with Crippen LogP contribution in [0.1, 0.15) is 38.2 Å². The van der Waals surface area contributed by atoms with Gasteiger partial charge in [-0.15, -0.1) is 0 Å². The summed E-state index contributed by atoms with van der Waals surface area (Å²) < 4.78 is 5.82. The van der Waals surface area contributed by atoms with Crippen LogP contribution in [-0.2, 0) is 0 Å². The Morgan fingerprint density at radius 2 is 2.14 bits per heavy atom. The highest BCUT2D eigenvalue weighted by molar-refractivity contribution is 7.80. The number of hydrogen-bond donors (Lipinski definition) is 1. The molecule has 1 aromatic carbocycles. The minimum Gasteiger partial charge on any atom is -0.492 e. The van der Waals surface area contributed by atoms with Crippen LogP contribution in [0.15, 0.2) is 24.3 Å². The summed E-state index contributed by atoms with van der Waals surface area (Å²) >= 11 is 4.98. The lowest BCUT2D eigenvalue weighted by Gasteiger charge is -2.31. The first-order valence-corrected chi connectivity index (χ1v) is 8.35. The van der Waals surface area contributed by atoms with E-state index >= 15 is 0 Å². The van der Waals surface area contributed by atoms with Gasteiger partial charge < -0.3 is 10.5 Å². The van der Waals surface area contributed by atoms with E-state index in [-0.39, 0.29) is 0 Å². The van der Waals surface area contributed by atoms with Crippen LogP contribution in [0.3, 0.4) is 0 Å². The van der Waals surface area contributed by atoms with Crippen molar-refractivity contribution in [1.82, 2.24) is 4.90 Å². The number of ether oxygens (including phenoxy) is 1. The number of nitrogens with two attached hydrogens (primary N) is 1. The Morgan fingerprint density at radius 1 is 1.38 bits per heavy atom. The van der Waals surface area contributed by atoms with E-state index < -0.39 is 0 Å². The second kappa shape index (κ2) is 8.35. The number of rotatable bonds is 7. The van der Waals surface area contributed by atoms with Gasteiger partial charge in [-0.2, -0.15) is 0 Å². The Kier molecular flexibility index (Phi) is 6.46. The van der Waals surface area contributed by atoms with Crippen molar-refractivity contribution in [3.05, 3.63) is 29.8 Å². The summed E-state index contributed by atoms with van der Waals surface area (Å²) in [6.45, 7) is 6.42. The van der Waals surface area contributed by atoms with Crippen LogP contribution in [-0.4, -0.2) is 36.1 Å². The first kappa shape index (κ1) is 16.2. The van der Waals surface area contributed by atoms with Gasteiger partial charge >= 0.3 is 0 Å². The maximum Gasteiger partial charge on any atom is 0.120 e. The molecule has 0 atom stereocenters. The Labute approximate surface area is 133 Å². The lowest BCUT2D eigenvalue weighted by molar-refractivity contribution is 0.151. The summed E-state index contributed by atoms with van der Waals surface area (Å²) in [7, 11) is 0. The molecule has 1 aliphatic heterocycles. The third kappa shape index (κ3) is 5.29. The van der Waals surface area contributed by atoms with E-state index in [9.17, 15) is 0 Å². The Bertz CT molecular complexity index is 456. The molecule has 1 fully saturated rings. The quantitative estimate of drug-likeness (QED) is 0.785. The van der Waals surface area contributed by atoms with Crippen LogP contribution < -0.4 is 10.5 Å². The van der Waals surface area contributed by atoms with Crippen molar-refractivity contribution in [3.63, 3.8) is 0 Å². The molecule has 0 aromatic heterocycles. The van der Waals surface area contributed by atoms with Crippen molar-refractivity contribution in [1.29, 1.82) is 0 Å². The van der Waals surface area contributed by atoms with E-state index in [1.54, 1.807) is 0 Å². The molecule has 0 aliphatic carbocycles. The fraction of sp³-hybridized carbons (Fsp3) is 0.588. The fourth-order valence-electron chi connectivity index (χ4n) is 2.94. The first-order valence-electron chi connectivity index (χ1n) is 7.94. The van der Waals surface area contributed by atoms with Gasteiger partial charge in [-0.3, -0.25) is 4.90 Å². The molecule has 21 heavy (non-hydrogen) atoms. The van der Waals surface area contributed by atoms with Crippen LogP contribution in [0.2, 0.25) is 0 Å². The van der Waals surface area contributed by atoms with Crippen molar-refractivity contribution in [2.45, 2.75) is 32.6 Å². The van der Waals surface area contributed by atoms with E-state index in [0.717, 1.165) is 30.4 Å². The fourth-order valence-corrected chi connectivity index (χ4v) is 3.07. The summed E-state index contributed by atoms with van der Waals surface area (Å²) in [5.41, 5.74) is 6.50. The largest absolute Gasteiger partial charge is 0.492 e. The predicted molar refractivity (Wildman–Crippen MR) is 91.9 cm³/mol. The monoisotopic (exact) mass is 306 g/mol. The summed E-state index contributed by atoms with van der Waals surface area (Å²) in [5.74, 6) is 1.79. The molecule has 1 aromatic rings. The van der Waals surface area contributed by atoms with E-state index in [2.05, 4.69) is 11.8 Å². The summed E-state index contributed by atoms with van der Waals surface area (Å²) in [6.07, 6.45) is 5.37. The maximum absolute atomic E-state index is 5.82. The smallest absolute Gasteiger partial charge is 0.120 e. The van der Waals surface area contributed by atoms with Gasteiger partial charge in [-0.25, -0.2) is 0 Å². The van der Waals surface area contributed by atoms with Crippen LogP contribution in [0.25, 0.3) is 0 Å². The van der Waals surface area contributed by atoms with E-state index in [1.807, 2.05) is 24.3 Å². The van der Waals surface area contributed by atoms with Crippen LogP contribution >= 0.6 is 12.2 Å². The van der Waals surface area contributed by atoms with Gasteiger partial charge in [-0.05, 0) is 44.0 Å². The van der Waals surface area contributed by atoms with E-state index in [0.29, 0.717) is 4.99 Å². The molecule has 2 rings (SSSR count). The van der Waals surface area contributed by atoms with Crippen molar-refractivity contribution >= 4 is 17.2 Å². The summed E-state index contributed by atoms with van der Waals surface area (Å²) in [6, 6.07) is 7.71. The average molecular weight is 306 g/mol. The average Bonchev–Trinajstić information content (AvgIpc) is 2.50. The molecule has 0 unspecified atom stereocenters. The highest BCUT2D eigenvalue weighted by Gasteiger charge is 2.17. The molecule has 4 heteroatoms. The molecule has 1 saturated heterocycles. The van der Waals surface area contributed by atoms with Gasteiger partial charge in [0.15, 0.2) is 0 Å². The zero-order valence-electron chi connectivity index (χ0n) is 12.9. The number of piperidine rings is 1. The molecule has 116 valence electrons. The molecule has 0 saturated carbocycles. The molecule has 1 heterocycles. The molecule has 0 radical (unpaired) electrons. The zero-order chi connectivity index (χ0) is 15.1. The standard InChI is InChI=1S/C17H26N2OS/c1-2-4-14-7-9-19(10-8-14)11-12-20-16-6-3-5-15(13-16)17(18)21/h3,5-6,13-14H,2,4,7-12H2,1H3,(H2,18,21). The van der Waals surface area contributed by atoms with Crippen molar-refractivity contribution in [3.8, 4) is 5.75 Å². The Hall–Kier alpha value is -1.13. The third-order valence-electron chi connectivity index (χ3n) is 4.20. The van der Waals surface area contributed by atoms with Crippen LogP contribution in [0.4, 0.5) is 0 Å². The Balaban J connectivity index is 1.70. The lowest BCUT2D eigenvalue weighted by atomic mass is 9.92. The topological polar surface area (TPSA) is 38.5 Å². The van der Waals surface area contributed by atoms with Gasteiger partial charge in [0, 0.05) is 12.1 Å². The SMILES string of the molecule is CCCC1CCN(CCOc2cccc(C(N)=S)c2)CC1. The van der Waals surface area contributed by atoms with E-state index in [4.69, 9.17) is 22.7 Å². The maximum atomic E-state index is 5.82. The van der Waals surface area contributed by atoms with Crippen molar-refractivity contribution in [2.75, 3.05) is 26.2 Å². The number of thiocarbonyl (C=S) groups is 1. The highest BCUT2D eigenvalue weighted by atomic mass is 32.1. The van der Waals surface area contributed by atoms with E-state index in [1.165, 1.54) is 38.8 Å². The Morgan fingerprint density at radius 3 is 2.81 bits per heavy atom. The summed E-state index contributed by atoms with van der Waals surface area (Å²) in [5, 5.41) is 0. The normalized spacial score (nSPS) is 16.8. The minimum absolute atomic E-state index is 0.415. The van der Waals surface area contributed by atoms with Gasteiger partial charge in [0.25, 0.3) is 0 Å². The second-order valence-electron chi connectivity index (χ2n) is 5.81. The molecule has 0 amide bonds. The van der Waals surface area contributed by atoms with Crippen LogP contribution in [0, 0.1) is 5.92 Å². The van der Waals surface area contributed by atoms with Gasteiger partial charge in [0.2, 0.25) is 0 Å². The molecule has 0 spiro atoms. The molecule has 2 N–H and O–H groups in total. The highest BCUT2D eigenvalue weighted by Crippen LogP contribution is 2.21. The summed E-state index contributed by atoms with van der Waals surface area (Å²) in [4.78, 5) is 2.92. The number of benzene rings is 1. The molecule has 3 nitrogen and oxygen atoms in total. The van der Waals surface area contributed by atoms with Crippen molar-refractivity contribution < 1.29 is 4.74 Å². The van der Waals surface area contributed by atoms with Crippen molar-refractivity contribution in [2.24, 2.45) is 11.7 Å². The molecule has 1 aliphatic rings. The number of hydrogen-bond acceptors (Lipinski definition) is 3. The van der Waals surface area contributed by atoms with Gasteiger partial charge in [-0.1, -0.05) is 44.1 Å². The third-order valence-corrected chi connectivity index (χ3v) is 4.43.